The van der Waals surface area contributed by atoms with Crippen LogP contribution in [-0.4, -0.2) is 59.3 Å². The molecule has 22 heavy (non-hydrogen) atoms. The molecule has 1 heterocycles. The number of nitrogens with zero attached hydrogens (tertiary/aromatic N) is 1. The summed E-state index contributed by atoms with van der Waals surface area (Å²) < 4.78 is 9.48. The number of amides is 1. The van der Waals surface area contributed by atoms with E-state index in [9.17, 15) is 19.8 Å². The number of ether oxygens (including phenoxy) is 2. The number of aliphatic hydroxyl groups excluding tert-OH is 2. The van der Waals surface area contributed by atoms with E-state index in [-0.39, 0.29) is 13.2 Å². The molecular formula is C14H17NO7. The molecule has 8 nitrogen and oxygen atoms in total. The Hall–Kier alpha value is -2.16. The van der Waals surface area contributed by atoms with Crippen molar-refractivity contribution >= 4 is 12.1 Å². The number of carbonyl (C=O) groups is 2. The summed E-state index contributed by atoms with van der Waals surface area (Å²) in [5, 5.41) is 20.1. The van der Waals surface area contributed by atoms with E-state index in [2.05, 4.69) is 4.74 Å². The highest BCUT2D eigenvalue weighted by molar-refractivity contribution is 5.76. The number of aliphatic hydroxyl groups is 2. The van der Waals surface area contributed by atoms with E-state index in [1.54, 1.807) is 24.3 Å². The van der Waals surface area contributed by atoms with Crippen molar-refractivity contribution in [3.05, 3.63) is 35.9 Å². The quantitative estimate of drug-likeness (QED) is 0.747. The Morgan fingerprint density at radius 1 is 1.32 bits per heavy atom. The van der Waals surface area contributed by atoms with Gasteiger partial charge in [-0.3, -0.25) is 0 Å². The molecule has 1 aliphatic heterocycles. The summed E-state index contributed by atoms with van der Waals surface area (Å²) in [4.78, 5) is 28.4. The molecule has 0 aliphatic carbocycles. The molecule has 0 bridgehead atoms. The van der Waals surface area contributed by atoms with Crippen molar-refractivity contribution in [3.63, 3.8) is 0 Å². The van der Waals surface area contributed by atoms with Crippen LogP contribution in [0.25, 0.3) is 0 Å². The first-order valence-corrected chi connectivity index (χ1v) is 6.62. The van der Waals surface area contributed by atoms with Crippen LogP contribution < -0.4 is 0 Å². The van der Waals surface area contributed by atoms with Crippen molar-refractivity contribution < 1.29 is 34.1 Å². The monoisotopic (exact) mass is 311 g/mol. The largest absolute Gasteiger partial charge is 0.467 e. The number of hydroxylamine groups is 2. The van der Waals surface area contributed by atoms with Crippen LogP contribution >= 0.6 is 0 Å². The Kier molecular flexibility index (Phi) is 5.31. The first kappa shape index (κ1) is 16.2. The van der Waals surface area contributed by atoms with Gasteiger partial charge in [0.15, 0.2) is 0 Å². The number of hydrogen-bond acceptors (Lipinski definition) is 7. The SMILES string of the molecule is COC(=O)[C@@H]1ON(C(=O)OCc2ccccc2)C[C@@H](O)[C@H]1O. The summed E-state index contributed by atoms with van der Waals surface area (Å²) >= 11 is 0. The highest BCUT2D eigenvalue weighted by Gasteiger charge is 2.43. The van der Waals surface area contributed by atoms with Crippen LogP contribution in [0.5, 0.6) is 0 Å². The number of carbonyl (C=O) groups excluding carboxylic acids is 2. The second-order valence-corrected chi connectivity index (χ2v) is 4.71. The molecule has 0 spiro atoms. The molecule has 0 radical (unpaired) electrons. The topological polar surface area (TPSA) is 106 Å². The van der Waals surface area contributed by atoms with Gasteiger partial charge in [0.05, 0.1) is 13.7 Å². The lowest BCUT2D eigenvalue weighted by molar-refractivity contribution is -0.261. The van der Waals surface area contributed by atoms with Gasteiger partial charge in [0.1, 0.15) is 18.8 Å². The van der Waals surface area contributed by atoms with E-state index in [1.165, 1.54) is 0 Å². The third-order valence-electron chi connectivity index (χ3n) is 3.14. The predicted octanol–water partition coefficient (Wildman–Crippen LogP) is -0.166. The summed E-state index contributed by atoms with van der Waals surface area (Å²) in [6.07, 6.45) is -5.19. The molecule has 1 fully saturated rings. The highest BCUT2D eigenvalue weighted by atomic mass is 16.8. The normalized spacial score (nSPS) is 24.7. The molecule has 1 aliphatic rings. The highest BCUT2D eigenvalue weighted by Crippen LogP contribution is 2.18. The van der Waals surface area contributed by atoms with Crippen LogP contribution in [0.3, 0.4) is 0 Å². The number of hydrogen-bond donors (Lipinski definition) is 2. The first-order chi connectivity index (χ1) is 10.5. The van der Waals surface area contributed by atoms with E-state index in [4.69, 9.17) is 9.57 Å². The van der Waals surface area contributed by atoms with Crippen LogP contribution in [0, 0.1) is 0 Å². The van der Waals surface area contributed by atoms with Crippen molar-refractivity contribution in [3.8, 4) is 0 Å². The van der Waals surface area contributed by atoms with E-state index in [0.29, 0.717) is 5.06 Å². The second kappa shape index (κ2) is 7.21. The van der Waals surface area contributed by atoms with Gasteiger partial charge < -0.3 is 19.7 Å². The Morgan fingerprint density at radius 3 is 2.64 bits per heavy atom. The zero-order valence-corrected chi connectivity index (χ0v) is 11.9. The van der Waals surface area contributed by atoms with Crippen molar-refractivity contribution in [2.45, 2.75) is 24.9 Å². The van der Waals surface area contributed by atoms with Crippen molar-refractivity contribution in [2.75, 3.05) is 13.7 Å². The van der Waals surface area contributed by atoms with Gasteiger partial charge in [-0.2, -0.15) is 5.06 Å². The fourth-order valence-electron chi connectivity index (χ4n) is 1.93. The minimum atomic E-state index is -1.49. The smallest absolute Gasteiger partial charge is 0.434 e. The minimum Gasteiger partial charge on any atom is -0.467 e. The van der Waals surface area contributed by atoms with E-state index < -0.39 is 30.4 Å². The van der Waals surface area contributed by atoms with Crippen molar-refractivity contribution in [1.82, 2.24) is 5.06 Å². The summed E-state index contributed by atoms with van der Waals surface area (Å²) in [5.74, 6) is -0.896. The lowest BCUT2D eigenvalue weighted by atomic mass is 10.1. The Morgan fingerprint density at radius 2 is 2.00 bits per heavy atom. The molecule has 120 valence electrons. The predicted molar refractivity (Wildman–Crippen MR) is 72.2 cm³/mol. The number of methoxy groups -OCH3 is 1. The van der Waals surface area contributed by atoms with Crippen LogP contribution in [0.15, 0.2) is 30.3 Å². The average molecular weight is 311 g/mol. The van der Waals surface area contributed by atoms with Crippen LogP contribution in [0.2, 0.25) is 0 Å². The summed E-state index contributed by atoms with van der Waals surface area (Å²) in [6.45, 7) is -0.302. The standard InChI is InChI=1S/C14H17NO7/c1-20-13(18)12-11(17)10(16)7-15(22-12)14(19)21-8-9-5-3-2-4-6-9/h2-6,10-12,16-17H,7-8H2,1H3/t10-,11-,12-/m1/s1. The molecule has 3 atom stereocenters. The fraction of sp³-hybridized carbons (Fsp3) is 0.429. The van der Waals surface area contributed by atoms with E-state index in [1.807, 2.05) is 6.07 Å². The van der Waals surface area contributed by atoms with Gasteiger partial charge in [-0.15, -0.1) is 0 Å². The number of esters is 1. The van der Waals surface area contributed by atoms with Gasteiger partial charge in [-0.25, -0.2) is 14.4 Å². The van der Waals surface area contributed by atoms with Crippen LogP contribution in [0.4, 0.5) is 4.79 Å². The van der Waals surface area contributed by atoms with Gasteiger partial charge in [0, 0.05) is 0 Å². The average Bonchev–Trinajstić information content (AvgIpc) is 2.55. The first-order valence-electron chi connectivity index (χ1n) is 6.62. The third-order valence-corrected chi connectivity index (χ3v) is 3.14. The fourth-order valence-corrected chi connectivity index (χ4v) is 1.93. The summed E-state index contributed by atoms with van der Waals surface area (Å²) in [5.41, 5.74) is 0.776. The molecule has 2 rings (SSSR count). The Labute approximate surface area is 126 Å². The van der Waals surface area contributed by atoms with Gasteiger partial charge in [-0.1, -0.05) is 30.3 Å². The molecule has 1 aromatic carbocycles. The van der Waals surface area contributed by atoms with Crippen molar-refractivity contribution in [1.29, 1.82) is 0 Å². The molecule has 1 amide bonds. The lowest BCUT2D eigenvalue weighted by Crippen LogP contribution is -2.58. The van der Waals surface area contributed by atoms with Gasteiger partial charge >= 0.3 is 12.1 Å². The molecular weight excluding hydrogens is 294 g/mol. The Bertz CT molecular complexity index is 521. The second-order valence-electron chi connectivity index (χ2n) is 4.71. The van der Waals surface area contributed by atoms with E-state index >= 15 is 0 Å². The number of rotatable bonds is 3. The lowest BCUT2D eigenvalue weighted by Gasteiger charge is -2.36. The van der Waals surface area contributed by atoms with Crippen molar-refractivity contribution in [2.24, 2.45) is 0 Å². The Balaban J connectivity index is 1.95. The summed E-state index contributed by atoms with van der Waals surface area (Å²) in [7, 11) is 1.11. The molecule has 1 aromatic rings. The minimum absolute atomic E-state index is 0.0150. The zero-order chi connectivity index (χ0) is 16.1. The van der Waals surface area contributed by atoms with Gasteiger partial charge in [0.25, 0.3) is 0 Å². The molecule has 2 N–H and O–H groups in total. The van der Waals surface area contributed by atoms with Crippen LogP contribution in [-0.2, 0) is 25.7 Å². The maximum Gasteiger partial charge on any atom is 0.434 e. The van der Waals surface area contributed by atoms with Gasteiger partial charge in [0.2, 0.25) is 6.10 Å². The molecule has 0 saturated carbocycles. The third kappa shape index (κ3) is 3.73. The van der Waals surface area contributed by atoms with Crippen LogP contribution in [0.1, 0.15) is 5.56 Å². The molecule has 0 unspecified atom stereocenters. The summed E-state index contributed by atoms with van der Waals surface area (Å²) in [6, 6.07) is 8.99. The van der Waals surface area contributed by atoms with Gasteiger partial charge in [-0.05, 0) is 5.56 Å². The molecule has 8 heteroatoms. The molecule has 0 aromatic heterocycles. The zero-order valence-electron chi connectivity index (χ0n) is 11.9. The number of β-amino-alcohol motifs (C(OH)–C–C–N with tert-alkyl or cyclic N) is 1. The van der Waals surface area contributed by atoms with E-state index in [0.717, 1.165) is 12.7 Å². The maximum atomic E-state index is 11.9. The number of benzene rings is 1. The maximum absolute atomic E-state index is 11.9. The molecule has 1 saturated heterocycles.